The highest BCUT2D eigenvalue weighted by molar-refractivity contribution is 6.13. The Labute approximate surface area is 174 Å². The van der Waals surface area contributed by atoms with Crippen molar-refractivity contribution in [1.82, 2.24) is 10.1 Å². The standard InChI is InChI=1S/C22H16F3N3O3/c1-13-19-15(11-17(27-21(19)31-28-13)14-7-3-2-4-8-14)20(29)26-16-9-5-6-10-18(16)30-12-22(23,24)25/h2-11H,12H2,1H3,(H,26,29). The first kappa shape index (κ1) is 20.4. The molecule has 0 fully saturated rings. The molecule has 0 aliphatic heterocycles. The summed E-state index contributed by atoms with van der Waals surface area (Å²) in [6, 6.07) is 16.7. The number of carbonyl (C=O) groups excluding carboxylic acids is 1. The van der Waals surface area contributed by atoms with E-state index in [1.54, 1.807) is 19.1 Å². The predicted octanol–water partition coefficient (Wildman–Crippen LogP) is 5.39. The minimum atomic E-state index is -4.50. The van der Waals surface area contributed by atoms with Gasteiger partial charge in [-0.1, -0.05) is 47.6 Å². The second-order valence-electron chi connectivity index (χ2n) is 6.72. The number of amides is 1. The van der Waals surface area contributed by atoms with Crippen LogP contribution in [0.25, 0.3) is 22.4 Å². The van der Waals surface area contributed by atoms with E-state index in [4.69, 9.17) is 9.26 Å². The van der Waals surface area contributed by atoms with E-state index in [9.17, 15) is 18.0 Å². The molecule has 9 heteroatoms. The minimum absolute atomic E-state index is 0.0937. The lowest BCUT2D eigenvalue weighted by Gasteiger charge is -2.14. The van der Waals surface area contributed by atoms with Crippen LogP contribution in [0.2, 0.25) is 0 Å². The highest BCUT2D eigenvalue weighted by Crippen LogP contribution is 2.30. The van der Waals surface area contributed by atoms with Crippen molar-refractivity contribution < 1.29 is 27.2 Å². The number of rotatable bonds is 5. The number of hydrogen-bond donors (Lipinski definition) is 1. The second-order valence-corrected chi connectivity index (χ2v) is 6.72. The number of alkyl halides is 3. The molecule has 0 aliphatic carbocycles. The molecule has 0 aliphatic rings. The molecule has 0 saturated carbocycles. The van der Waals surface area contributed by atoms with Crippen LogP contribution in [-0.2, 0) is 0 Å². The van der Waals surface area contributed by atoms with Gasteiger partial charge in [-0.15, -0.1) is 0 Å². The Hall–Kier alpha value is -3.88. The van der Waals surface area contributed by atoms with Crippen molar-refractivity contribution in [3.05, 3.63) is 71.9 Å². The maximum atomic E-state index is 13.1. The van der Waals surface area contributed by atoms with Gasteiger partial charge in [-0.3, -0.25) is 4.79 Å². The molecule has 0 saturated heterocycles. The molecule has 2 aromatic carbocycles. The third-order valence-corrected chi connectivity index (χ3v) is 4.46. The van der Waals surface area contributed by atoms with Gasteiger partial charge in [-0.25, -0.2) is 4.98 Å². The Morgan fingerprint density at radius 2 is 1.81 bits per heavy atom. The lowest BCUT2D eigenvalue weighted by atomic mass is 10.0. The third-order valence-electron chi connectivity index (χ3n) is 4.46. The van der Waals surface area contributed by atoms with Crippen LogP contribution >= 0.6 is 0 Å². The van der Waals surface area contributed by atoms with E-state index >= 15 is 0 Å². The number of benzene rings is 2. The quantitative estimate of drug-likeness (QED) is 0.462. The zero-order chi connectivity index (χ0) is 22.0. The van der Waals surface area contributed by atoms with Crippen LogP contribution in [0.3, 0.4) is 0 Å². The monoisotopic (exact) mass is 427 g/mol. The summed E-state index contributed by atoms with van der Waals surface area (Å²) < 4.78 is 47.8. The summed E-state index contributed by atoms with van der Waals surface area (Å²) in [6.45, 7) is 0.204. The zero-order valence-electron chi connectivity index (χ0n) is 16.2. The first-order valence-electron chi connectivity index (χ1n) is 9.24. The van der Waals surface area contributed by atoms with Crippen molar-refractivity contribution in [1.29, 1.82) is 0 Å². The number of anilines is 1. The second kappa shape index (κ2) is 8.10. The number of para-hydroxylation sites is 2. The van der Waals surface area contributed by atoms with E-state index in [1.165, 1.54) is 18.2 Å². The molecule has 0 radical (unpaired) electrons. The fourth-order valence-corrected chi connectivity index (χ4v) is 3.08. The summed E-state index contributed by atoms with van der Waals surface area (Å²) in [4.78, 5) is 17.6. The number of ether oxygens (including phenoxy) is 1. The topological polar surface area (TPSA) is 77.2 Å². The highest BCUT2D eigenvalue weighted by Gasteiger charge is 2.29. The molecule has 158 valence electrons. The number of nitrogens with zero attached hydrogens (tertiary/aromatic N) is 2. The van der Waals surface area contributed by atoms with Gasteiger partial charge in [-0.2, -0.15) is 13.2 Å². The van der Waals surface area contributed by atoms with Crippen molar-refractivity contribution in [3.63, 3.8) is 0 Å². The molecular formula is C22H16F3N3O3. The van der Waals surface area contributed by atoms with Crippen molar-refractivity contribution in [3.8, 4) is 17.0 Å². The first-order chi connectivity index (χ1) is 14.8. The van der Waals surface area contributed by atoms with Crippen LogP contribution in [0.1, 0.15) is 16.1 Å². The molecule has 4 aromatic rings. The summed E-state index contributed by atoms with van der Waals surface area (Å²) in [5.41, 5.74) is 2.25. The molecule has 0 unspecified atom stereocenters. The van der Waals surface area contributed by atoms with Gasteiger partial charge in [-0.05, 0) is 25.1 Å². The third kappa shape index (κ3) is 4.50. The van der Waals surface area contributed by atoms with Crippen LogP contribution in [0.5, 0.6) is 5.75 Å². The Kier molecular flexibility index (Phi) is 5.33. The molecule has 0 bridgehead atoms. The van der Waals surface area contributed by atoms with Crippen molar-refractivity contribution in [2.75, 3.05) is 11.9 Å². The summed E-state index contributed by atoms with van der Waals surface area (Å²) in [5, 5.41) is 6.93. The molecular weight excluding hydrogens is 411 g/mol. The van der Waals surface area contributed by atoms with E-state index in [0.717, 1.165) is 5.56 Å². The molecule has 6 nitrogen and oxygen atoms in total. The summed E-state index contributed by atoms with van der Waals surface area (Å²) in [6.07, 6.45) is -4.50. The maximum Gasteiger partial charge on any atom is 0.422 e. The number of nitrogens with one attached hydrogen (secondary N) is 1. The lowest BCUT2D eigenvalue weighted by Crippen LogP contribution is -2.20. The molecule has 1 N–H and O–H groups in total. The van der Waals surface area contributed by atoms with Gasteiger partial charge in [0, 0.05) is 5.56 Å². The van der Waals surface area contributed by atoms with Gasteiger partial charge in [0.2, 0.25) is 0 Å². The lowest BCUT2D eigenvalue weighted by molar-refractivity contribution is -0.153. The molecule has 2 aromatic heterocycles. The van der Waals surface area contributed by atoms with Crippen molar-refractivity contribution >= 4 is 22.7 Å². The van der Waals surface area contributed by atoms with Gasteiger partial charge in [0.15, 0.2) is 6.61 Å². The SMILES string of the molecule is Cc1noc2nc(-c3ccccc3)cc(C(=O)Nc3ccccc3OCC(F)(F)F)c12. The van der Waals surface area contributed by atoms with E-state index in [-0.39, 0.29) is 22.7 Å². The van der Waals surface area contributed by atoms with E-state index in [0.29, 0.717) is 16.8 Å². The largest absolute Gasteiger partial charge is 0.482 e. The van der Waals surface area contributed by atoms with E-state index in [1.807, 2.05) is 30.3 Å². The van der Waals surface area contributed by atoms with E-state index < -0.39 is 18.7 Å². The van der Waals surface area contributed by atoms with Gasteiger partial charge < -0.3 is 14.6 Å². The van der Waals surface area contributed by atoms with Gasteiger partial charge in [0.25, 0.3) is 11.6 Å². The Balaban J connectivity index is 1.71. The van der Waals surface area contributed by atoms with Crippen LogP contribution in [0.4, 0.5) is 18.9 Å². The Morgan fingerprint density at radius 1 is 1.10 bits per heavy atom. The predicted molar refractivity (Wildman–Crippen MR) is 108 cm³/mol. The van der Waals surface area contributed by atoms with Gasteiger partial charge >= 0.3 is 6.18 Å². The zero-order valence-corrected chi connectivity index (χ0v) is 16.2. The molecule has 0 spiro atoms. The highest BCUT2D eigenvalue weighted by atomic mass is 19.4. The first-order valence-corrected chi connectivity index (χ1v) is 9.24. The summed E-state index contributed by atoms with van der Waals surface area (Å²) in [7, 11) is 0. The van der Waals surface area contributed by atoms with Crippen LogP contribution in [0.15, 0.2) is 65.2 Å². The van der Waals surface area contributed by atoms with Crippen molar-refractivity contribution in [2.24, 2.45) is 0 Å². The van der Waals surface area contributed by atoms with Crippen LogP contribution < -0.4 is 10.1 Å². The Bertz CT molecular complexity index is 1240. The van der Waals surface area contributed by atoms with E-state index in [2.05, 4.69) is 15.5 Å². The van der Waals surface area contributed by atoms with Crippen molar-refractivity contribution in [2.45, 2.75) is 13.1 Å². The summed E-state index contributed by atoms with van der Waals surface area (Å²) in [5.74, 6) is -0.650. The number of pyridine rings is 1. The molecule has 1 amide bonds. The number of halogens is 3. The smallest absolute Gasteiger partial charge is 0.422 e. The normalized spacial score (nSPS) is 11.5. The van der Waals surface area contributed by atoms with Gasteiger partial charge in [0.1, 0.15) is 5.75 Å². The number of aryl methyl sites for hydroxylation is 1. The average molecular weight is 427 g/mol. The number of aromatic nitrogens is 2. The number of carbonyl (C=O) groups is 1. The molecule has 4 rings (SSSR count). The molecule has 0 atom stereocenters. The molecule has 2 heterocycles. The fourth-order valence-electron chi connectivity index (χ4n) is 3.08. The number of hydrogen-bond acceptors (Lipinski definition) is 5. The minimum Gasteiger partial charge on any atom is -0.482 e. The Morgan fingerprint density at radius 3 is 2.55 bits per heavy atom. The maximum absolute atomic E-state index is 13.1. The molecule has 31 heavy (non-hydrogen) atoms. The number of fused-ring (bicyclic) bond motifs is 1. The average Bonchev–Trinajstić information content (AvgIpc) is 3.13. The fraction of sp³-hybridized carbons (Fsp3) is 0.136. The van der Waals surface area contributed by atoms with Crippen LogP contribution in [0, 0.1) is 6.92 Å². The van der Waals surface area contributed by atoms with Gasteiger partial charge in [0.05, 0.1) is 28.0 Å². The van der Waals surface area contributed by atoms with Crippen LogP contribution in [-0.4, -0.2) is 28.8 Å². The summed E-state index contributed by atoms with van der Waals surface area (Å²) >= 11 is 0.